The van der Waals surface area contributed by atoms with E-state index in [1.165, 1.54) is 18.2 Å². The first-order chi connectivity index (χ1) is 14.0. The molecule has 1 heterocycles. The van der Waals surface area contributed by atoms with E-state index >= 15 is 0 Å². The van der Waals surface area contributed by atoms with Crippen molar-refractivity contribution in [3.63, 3.8) is 0 Å². The van der Waals surface area contributed by atoms with Crippen LogP contribution in [0, 0.1) is 0 Å². The predicted octanol–water partition coefficient (Wildman–Crippen LogP) is 4.62. The average molecular weight is 412 g/mol. The zero-order valence-electron chi connectivity index (χ0n) is 17.4. The van der Waals surface area contributed by atoms with Crippen molar-refractivity contribution in [3.8, 4) is 28.6 Å². The summed E-state index contributed by atoms with van der Waals surface area (Å²) in [5, 5.41) is 50.7. The van der Waals surface area contributed by atoms with Crippen LogP contribution in [0.3, 0.4) is 0 Å². The fraction of sp³-hybridized carbons (Fsp3) is 0.333. The van der Waals surface area contributed by atoms with E-state index in [1.807, 2.05) is 13.0 Å². The molecule has 6 nitrogen and oxygen atoms in total. The minimum atomic E-state index is -1.15. The molecule has 0 bridgehead atoms. The highest BCUT2D eigenvalue weighted by Crippen LogP contribution is 2.38. The van der Waals surface area contributed by atoms with E-state index in [4.69, 9.17) is 4.42 Å². The molecule has 6 heteroatoms. The number of furan rings is 1. The van der Waals surface area contributed by atoms with Crippen molar-refractivity contribution in [1.82, 2.24) is 0 Å². The fourth-order valence-electron chi connectivity index (χ4n) is 3.32. The van der Waals surface area contributed by atoms with Crippen molar-refractivity contribution in [1.29, 1.82) is 0 Å². The summed E-state index contributed by atoms with van der Waals surface area (Å²) in [6.07, 6.45) is 2.54. The maximum Gasteiger partial charge on any atom is 0.138 e. The molecule has 3 aromatic rings. The number of aromatic hydroxyl groups is 3. The number of allylic oxidation sites excluding steroid dienone is 2. The summed E-state index contributed by atoms with van der Waals surface area (Å²) in [6, 6.07) is 9.43. The largest absolute Gasteiger partial charge is 0.508 e. The molecule has 0 saturated heterocycles. The third-order valence-electron chi connectivity index (χ3n) is 5.26. The van der Waals surface area contributed by atoms with E-state index in [9.17, 15) is 25.5 Å². The Hall–Kier alpha value is -2.96. The lowest BCUT2D eigenvalue weighted by Gasteiger charge is -2.24. The third kappa shape index (κ3) is 4.96. The van der Waals surface area contributed by atoms with Gasteiger partial charge < -0.3 is 29.9 Å². The number of aliphatic hydroxyl groups excluding tert-OH is 1. The fourth-order valence-corrected chi connectivity index (χ4v) is 3.32. The third-order valence-corrected chi connectivity index (χ3v) is 5.26. The molecular formula is C24H28O6. The second-order valence-corrected chi connectivity index (χ2v) is 8.29. The molecule has 160 valence electrons. The van der Waals surface area contributed by atoms with Gasteiger partial charge in [-0.25, -0.2) is 0 Å². The Kier molecular flexibility index (Phi) is 6.10. The molecule has 0 aliphatic rings. The molecule has 0 fully saturated rings. The van der Waals surface area contributed by atoms with Crippen LogP contribution in [-0.4, -0.2) is 37.2 Å². The monoisotopic (exact) mass is 412 g/mol. The van der Waals surface area contributed by atoms with Gasteiger partial charge in [0.15, 0.2) is 0 Å². The molecular weight excluding hydrogens is 384 g/mol. The Morgan fingerprint density at radius 3 is 2.50 bits per heavy atom. The number of hydrogen-bond donors (Lipinski definition) is 5. The van der Waals surface area contributed by atoms with Crippen LogP contribution in [0.15, 0.2) is 52.5 Å². The second kappa shape index (κ2) is 8.42. The summed E-state index contributed by atoms with van der Waals surface area (Å²) < 4.78 is 5.85. The maximum atomic E-state index is 10.4. The first-order valence-electron chi connectivity index (χ1n) is 9.88. The first-order valence-corrected chi connectivity index (χ1v) is 9.88. The molecule has 0 spiro atoms. The van der Waals surface area contributed by atoms with Crippen molar-refractivity contribution in [2.24, 2.45) is 0 Å². The lowest BCUT2D eigenvalue weighted by molar-refractivity contribution is -0.0509. The second-order valence-electron chi connectivity index (χ2n) is 8.29. The van der Waals surface area contributed by atoms with E-state index in [0.29, 0.717) is 41.7 Å². The lowest BCUT2D eigenvalue weighted by Crippen LogP contribution is -2.35. The lowest BCUT2D eigenvalue weighted by atomic mass is 9.94. The molecule has 0 radical (unpaired) electrons. The van der Waals surface area contributed by atoms with Gasteiger partial charge in [0, 0.05) is 28.6 Å². The molecule has 3 rings (SSSR count). The predicted molar refractivity (Wildman–Crippen MR) is 116 cm³/mol. The Morgan fingerprint density at radius 2 is 1.80 bits per heavy atom. The zero-order valence-corrected chi connectivity index (χ0v) is 17.4. The van der Waals surface area contributed by atoms with Crippen molar-refractivity contribution in [2.75, 3.05) is 0 Å². The summed E-state index contributed by atoms with van der Waals surface area (Å²) in [7, 11) is 0. The van der Waals surface area contributed by atoms with Gasteiger partial charge in [-0.1, -0.05) is 11.6 Å². The molecule has 1 aromatic heterocycles. The number of rotatable bonds is 7. The van der Waals surface area contributed by atoms with Crippen molar-refractivity contribution in [3.05, 3.63) is 53.6 Å². The number of fused-ring (bicyclic) bond motifs is 1. The number of aliphatic hydroxyl groups is 2. The van der Waals surface area contributed by atoms with E-state index in [0.717, 1.165) is 11.0 Å². The normalized spacial score (nSPS) is 13.7. The smallest absolute Gasteiger partial charge is 0.138 e. The number of phenols is 3. The van der Waals surface area contributed by atoms with Gasteiger partial charge in [0.2, 0.25) is 0 Å². The van der Waals surface area contributed by atoms with Crippen LogP contribution in [0.2, 0.25) is 0 Å². The van der Waals surface area contributed by atoms with Gasteiger partial charge in [-0.05, 0) is 64.3 Å². The van der Waals surface area contributed by atoms with E-state index in [-0.39, 0.29) is 17.2 Å². The molecule has 0 aliphatic carbocycles. The first kappa shape index (κ1) is 21.7. The van der Waals surface area contributed by atoms with E-state index < -0.39 is 11.7 Å². The molecule has 1 unspecified atom stereocenters. The van der Waals surface area contributed by atoms with Crippen LogP contribution in [0.4, 0.5) is 0 Å². The van der Waals surface area contributed by atoms with E-state index in [1.54, 1.807) is 32.0 Å². The summed E-state index contributed by atoms with van der Waals surface area (Å²) in [5.41, 5.74) is 1.51. The molecule has 30 heavy (non-hydrogen) atoms. The van der Waals surface area contributed by atoms with E-state index in [2.05, 4.69) is 0 Å². The van der Waals surface area contributed by atoms with Crippen LogP contribution in [0.25, 0.3) is 22.3 Å². The minimum absolute atomic E-state index is 0.0473. The van der Waals surface area contributed by atoms with Gasteiger partial charge in [-0.3, -0.25) is 0 Å². The summed E-state index contributed by atoms with van der Waals surface area (Å²) in [5.74, 6) is 0.437. The molecule has 0 saturated carbocycles. The highest BCUT2D eigenvalue weighted by atomic mass is 16.3. The quantitative estimate of drug-likeness (QED) is 0.362. The van der Waals surface area contributed by atoms with Crippen LogP contribution < -0.4 is 0 Å². The van der Waals surface area contributed by atoms with Gasteiger partial charge in [0.05, 0.1) is 11.7 Å². The summed E-state index contributed by atoms with van der Waals surface area (Å²) >= 11 is 0. The molecule has 5 N–H and O–H groups in total. The van der Waals surface area contributed by atoms with Crippen molar-refractivity contribution in [2.45, 2.75) is 51.7 Å². The number of benzene rings is 2. The molecule has 1 atom stereocenters. The standard InChI is InChI=1S/C24H28O6/c1-14(5-9-23(28)24(2,3)29)4-8-18-19(11-17(26)12-20(18)27)22-10-15-6-7-16(25)13-21(15)30-22/h4,6-7,10-13,23,25-29H,5,8-9H2,1-3H3/b14-4+. The van der Waals surface area contributed by atoms with Gasteiger partial charge in [0.1, 0.15) is 28.6 Å². The zero-order chi connectivity index (χ0) is 22.1. The number of phenolic OH excluding ortho intramolecular Hbond substituents is 3. The Bertz CT molecular complexity index is 1070. The van der Waals surface area contributed by atoms with Crippen molar-refractivity contribution < 1.29 is 29.9 Å². The molecule has 0 aliphatic heterocycles. The SMILES string of the molecule is C/C(=C\Cc1c(O)cc(O)cc1-c1cc2ccc(O)cc2o1)CCC(O)C(C)(C)O. The molecule has 0 amide bonds. The van der Waals surface area contributed by atoms with Crippen LogP contribution in [-0.2, 0) is 6.42 Å². The highest BCUT2D eigenvalue weighted by Gasteiger charge is 2.23. The Labute approximate surface area is 175 Å². The van der Waals surface area contributed by atoms with Crippen LogP contribution in [0.1, 0.15) is 39.2 Å². The topological polar surface area (TPSA) is 114 Å². The van der Waals surface area contributed by atoms with Gasteiger partial charge in [0.25, 0.3) is 0 Å². The summed E-state index contributed by atoms with van der Waals surface area (Å²) in [6.45, 7) is 5.08. The van der Waals surface area contributed by atoms with Crippen LogP contribution >= 0.6 is 0 Å². The minimum Gasteiger partial charge on any atom is -0.508 e. The Morgan fingerprint density at radius 1 is 1.07 bits per heavy atom. The highest BCUT2D eigenvalue weighted by molar-refractivity contribution is 5.85. The maximum absolute atomic E-state index is 10.4. The van der Waals surface area contributed by atoms with Gasteiger partial charge in [-0.2, -0.15) is 0 Å². The van der Waals surface area contributed by atoms with Crippen molar-refractivity contribution >= 4 is 11.0 Å². The Balaban J connectivity index is 1.88. The van der Waals surface area contributed by atoms with Gasteiger partial charge in [-0.15, -0.1) is 0 Å². The number of hydrogen-bond acceptors (Lipinski definition) is 6. The molecule has 2 aromatic carbocycles. The average Bonchev–Trinajstić information content (AvgIpc) is 3.06. The van der Waals surface area contributed by atoms with Crippen LogP contribution in [0.5, 0.6) is 17.2 Å². The van der Waals surface area contributed by atoms with Gasteiger partial charge >= 0.3 is 0 Å². The summed E-state index contributed by atoms with van der Waals surface area (Å²) in [4.78, 5) is 0.